The van der Waals surface area contributed by atoms with E-state index in [1.807, 2.05) is 0 Å². The molecular weight excluding hydrogens is 306 g/mol. The van der Waals surface area contributed by atoms with Crippen LogP contribution < -0.4 is 9.47 Å². The van der Waals surface area contributed by atoms with Crippen molar-refractivity contribution in [3.63, 3.8) is 0 Å². The number of esters is 2. The summed E-state index contributed by atoms with van der Waals surface area (Å²) in [6, 6.07) is 4.87. The highest BCUT2D eigenvalue weighted by atomic mass is 16.5. The van der Waals surface area contributed by atoms with Crippen LogP contribution in [0.4, 0.5) is 0 Å². The van der Waals surface area contributed by atoms with Gasteiger partial charge in [0.15, 0.2) is 5.69 Å². The minimum absolute atomic E-state index is 0.164. The molecule has 0 N–H and O–H groups in total. The quantitative estimate of drug-likeness (QED) is 0.747. The standard InChI is InChI=1S/C14H15N3O6/c1-20-8-5-6-9(10(7-8)21-2)17-12(14(19)23-4)11(15-16-17)13(18)22-3/h5-7H,1-4H3. The molecule has 9 nitrogen and oxygen atoms in total. The minimum Gasteiger partial charge on any atom is -0.497 e. The molecule has 1 heterocycles. The van der Waals surface area contributed by atoms with E-state index in [4.69, 9.17) is 14.2 Å². The summed E-state index contributed by atoms with van der Waals surface area (Å²) in [5, 5.41) is 7.53. The Kier molecular flexibility index (Phi) is 4.79. The molecule has 0 fully saturated rings. The molecule has 0 amide bonds. The molecule has 0 aliphatic carbocycles. The first-order valence-electron chi connectivity index (χ1n) is 6.42. The minimum atomic E-state index is -0.802. The summed E-state index contributed by atoms with van der Waals surface area (Å²) in [5.41, 5.74) is -0.0311. The maximum absolute atomic E-state index is 12.0. The van der Waals surface area contributed by atoms with Gasteiger partial charge in [0.2, 0.25) is 5.69 Å². The van der Waals surface area contributed by atoms with Crippen molar-refractivity contribution in [3.05, 3.63) is 29.6 Å². The third-order valence-electron chi connectivity index (χ3n) is 3.04. The van der Waals surface area contributed by atoms with Crippen LogP contribution in [0.25, 0.3) is 5.69 Å². The lowest BCUT2D eigenvalue weighted by Gasteiger charge is -2.11. The van der Waals surface area contributed by atoms with Gasteiger partial charge in [-0.15, -0.1) is 5.10 Å². The molecule has 23 heavy (non-hydrogen) atoms. The van der Waals surface area contributed by atoms with Crippen molar-refractivity contribution in [2.24, 2.45) is 0 Å². The van der Waals surface area contributed by atoms with E-state index in [0.29, 0.717) is 17.2 Å². The number of hydrogen-bond acceptors (Lipinski definition) is 8. The molecule has 0 atom stereocenters. The summed E-state index contributed by atoms with van der Waals surface area (Å²) in [7, 11) is 5.33. The van der Waals surface area contributed by atoms with Gasteiger partial charge in [0.1, 0.15) is 17.2 Å². The normalized spacial score (nSPS) is 10.1. The first-order chi connectivity index (χ1) is 11.1. The van der Waals surface area contributed by atoms with Gasteiger partial charge in [0, 0.05) is 6.07 Å². The van der Waals surface area contributed by atoms with Gasteiger partial charge in [0.05, 0.1) is 28.4 Å². The van der Waals surface area contributed by atoms with Gasteiger partial charge in [-0.3, -0.25) is 0 Å². The number of rotatable bonds is 5. The van der Waals surface area contributed by atoms with E-state index in [9.17, 15) is 9.59 Å². The predicted molar refractivity (Wildman–Crippen MR) is 77.1 cm³/mol. The van der Waals surface area contributed by atoms with Crippen LogP contribution in [0.1, 0.15) is 21.0 Å². The van der Waals surface area contributed by atoms with Crippen molar-refractivity contribution < 1.29 is 28.5 Å². The van der Waals surface area contributed by atoms with Crippen molar-refractivity contribution >= 4 is 11.9 Å². The fraction of sp³-hybridized carbons (Fsp3) is 0.286. The first-order valence-corrected chi connectivity index (χ1v) is 6.42. The van der Waals surface area contributed by atoms with Crippen LogP contribution in [0, 0.1) is 0 Å². The van der Waals surface area contributed by atoms with Gasteiger partial charge in [-0.05, 0) is 12.1 Å². The zero-order chi connectivity index (χ0) is 17.0. The highest BCUT2D eigenvalue weighted by molar-refractivity contribution is 6.00. The number of nitrogens with zero attached hydrogens (tertiary/aromatic N) is 3. The molecule has 0 unspecified atom stereocenters. The topological polar surface area (TPSA) is 102 Å². The zero-order valence-electron chi connectivity index (χ0n) is 13.0. The molecule has 9 heteroatoms. The smallest absolute Gasteiger partial charge is 0.361 e. The van der Waals surface area contributed by atoms with Crippen LogP contribution in [0.2, 0.25) is 0 Å². The van der Waals surface area contributed by atoms with Crippen LogP contribution in [-0.4, -0.2) is 55.4 Å². The highest BCUT2D eigenvalue weighted by Gasteiger charge is 2.28. The van der Waals surface area contributed by atoms with E-state index in [0.717, 1.165) is 4.68 Å². The molecule has 1 aromatic carbocycles. The number of ether oxygens (including phenoxy) is 4. The van der Waals surface area contributed by atoms with Crippen LogP contribution in [-0.2, 0) is 9.47 Å². The third-order valence-corrected chi connectivity index (χ3v) is 3.04. The number of hydrogen-bond donors (Lipinski definition) is 0. The SMILES string of the molecule is COC(=O)c1nnn(-c2ccc(OC)cc2OC)c1C(=O)OC. The Hall–Kier alpha value is -3.10. The first kappa shape index (κ1) is 16.3. The van der Waals surface area contributed by atoms with E-state index in [-0.39, 0.29) is 11.4 Å². The van der Waals surface area contributed by atoms with Gasteiger partial charge < -0.3 is 18.9 Å². The van der Waals surface area contributed by atoms with Crippen LogP contribution in [0.15, 0.2) is 18.2 Å². The summed E-state index contributed by atoms with van der Waals surface area (Å²) in [6.45, 7) is 0. The fourth-order valence-electron chi connectivity index (χ4n) is 1.92. The molecule has 0 aliphatic rings. The van der Waals surface area contributed by atoms with Crippen LogP contribution >= 0.6 is 0 Å². The fourth-order valence-corrected chi connectivity index (χ4v) is 1.92. The van der Waals surface area contributed by atoms with Gasteiger partial charge >= 0.3 is 11.9 Å². The molecule has 2 aromatic rings. The van der Waals surface area contributed by atoms with Crippen molar-refractivity contribution in [2.45, 2.75) is 0 Å². The monoisotopic (exact) mass is 321 g/mol. The van der Waals surface area contributed by atoms with Crippen molar-refractivity contribution in [2.75, 3.05) is 28.4 Å². The Morgan fingerprint density at radius 3 is 2.26 bits per heavy atom. The van der Waals surface area contributed by atoms with Gasteiger partial charge in [-0.2, -0.15) is 0 Å². The lowest BCUT2D eigenvalue weighted by Crippen LogP contribution is -2.16. The summed E-state index contributed by atoms with van der Waals surface area (Å²) >= 11 is 0. The van der Waals surface area contributed by atoms with Crippen molar-refractivity contribution in [1.29, 1.82) is 0 Å². The van der Waals surface area contributed by atoms with Gasteiger partial charge in [-0.1, -0.05) is 5.21 Å². The molecule has 0 saturated carbocycles. The molecule has 0 spiro atoms. The Labute approximate surface area is 131 Å². The van der Waals surface area contributed by atoms with E-state index in [1.165, 1.54) is 28.4 Å². The van der Waals surface area contributed by atoms with E-state index >= 15 is 0 Å². The van der Waals surface area contributed by atoms with Crippen molar-refractivity contribution in [3.8, 4) is 17.2 Å². The molecule has 0 bridgehead atoms. The molecule has 0 saturated heterocycles. The van der Waals surface area contributed by atoms with E-state index in [2.05, 4.69) is 15.0 Å². The molecule has 0 aliphatic heterocycles. The molecule has 0 radical (unpaired) electrons. The maximum atomic E-state index is 12.0. The average Bonchev–Trinajstić information content (AvgIpc) is 3.04. The Morgan fingerprint density at radius 2 is 1.70 bits per heavy atom. The molecular formula is C14H15N3O6. The number of carbonyl (C=O) groups excluding carboxylic acids is 2. The molecule has 122 valence electrons. The second-order valence-electron chi connectivity index (χ2n) is 4.22. The van der Waals surface area contributed by atoms with Gasteiger partial charge in [0.25, 0.3) is 0 Å². The summed E-state index contributed by atoms with van der Waals surface area (Å²) in [4.78, 5) is 23.8. The van der Waals surface area contributed by atoms with Crippen molar-refractivity contribution in [1.82, 2.24) is 15.0 Å². The second-order valence-corrected chi connectivity index (χ2v) is 4.22. The second kappa shape index (κ2) is 6.77. The van der Waals surface area contributed by atoms with E-state index < -0.39 is 11.9 Å². The van der Waals surface area contributed by atoms with E-state index in [1.54, 1.807) is 18.2 Å². The predicted octanol–water partition coefficient (Wildman–Crippen LogP) is 0.858. The lowest BCUT2D eigenvalue weighted by molar-refractivity contribution is 0.0546. The number of carbonyl (C=O) groups is 2. The lowest BCUT2D eigenvalue weighted by atomic mass is 10.2. The van der Waals surface area contributed by atoms with Crippen LogP contribution in [0.3, 0.4) is 0 Å². The summed E-state index contributed by atoms with van der Waals surface area (Å²) in [6.07, 6.45) is 0. The highest BCUT2D eigenvalue weighted by Crippen LogP contribution is 2.29. The summed E-state index contributed by atoms with van der Waals surface area (Å²) in [5.74, 6) is -0.660. The maximum Gasteiger partial charge on any atom is 0.361 e. The largest absolute Gasteiger partial charge is 0.497 e. The average molecular weight is 321 g/mol. The number of benzene rings is 1. The zero-order valence-corrected chi connectivity index (χ0v) is 13.0. The Balaban J connectivity index is 2.66. The molecule has 2 rings (SSSR count). The van der Waals surface area contributed by atoms with Gasteiger partial charge in [-0.25, -0.2) is 14.3 Å². The third kappa shape index (κ3) is 2.93. The number of methoxy groups -OCH3 is 4. The Morgan fingerprint density at radius 1 is 1.00 bits per heavy atom. The molecule has 1 aromatic heterocycles. The van der Waals surface area contributed by atoms with Crippen LogP contribution in [0.5, 0.6) is 11.5 Å². The Bertz CT molecular complexity index is 740. The summed E-state index contributed by atoms with van der Waals surface area (Å²) < 4.78 is 20.8. The number of aromatic nitrogens is 3.